The summed E-state index contributed by atoms with van der Waals surface area (Å²) in [7, 11) is 0. The van der Waals surface area contributed by atoms with Gasteiger partial charge in [-0.25, -0.2) is 4.98 Å². The molecule has 0 aliphatic carbocycles. The molecule has 0 spiro atoms. The van der Waals surface area contributed by atoms with E-state index in [1.807, 2.05) is 11.6 Å². The van der Waals surface area contributed by atoms with Crippen LogP contribution in [0.5, 0.6) is 0 Å². The van der Waals surface area contributed by atoms with Gasteiger partial charge in [0.2, 0.25) is 0 Å². The molecule has 0 aliphatic rings. The van der Waals surface area contributed by atoms with Crippen LogP contribution >= 0.6 is 27.3 Å². The van der Waals surface area contributed by atoms with Gasteiger partial charge in [-0.2, -0.15) is 0 Å². The lowest BCUT2D eigenvalue weighted by molar-refractivity contribution is 1.12. The number of hydrogen-bond donors (Lipinski definition) is 0. The van der Waals surface area contributed by atoms with E-state index >= 15 is 0 Å². The van der Waals surface area contributed by atoms with Gasteiger partial charge >= 0.3 is 0 Å². The fourth-order valence-corrected chi connectivity index (χ4v) is 2.21. The van der Waals surface area contributed by atoms with Crippen LogP contribution in [0.1, 0.15) is 17.3 Å². The molecule has 0 N–H and O–H groups in total. The Morgan fingerprint density at radius 3 is 2.50 bits per heavy atom. The summed E-state index contributed by atoms with van der Waals surface area (Å²) in [5.41, 5.74) is 2.49. The third-order valence-corrected chi connectivity index (χ3v) is 3.40. The first-order valence-electron chi connectivity index (χ1n) is 4.41. The summed E-state index contributed by atoms with van der Waals surface area (Å²) in [6.45, 7) is 2.12. The summed E-state index contributed by atoms with van der Waals surface area (Å²) in [5, 5.41) is 3.08. The van der Waals surface area contributed by atoms with Crippen molar-refractivity contribution in [2.75, 3.05) is 0 Å². The number of nitrogens with zero attached hydrogens (tertiary/aromatic N) is 1. The van der Waals surface area contributed by atoms with Crippen molar-refractivity contribution < 1.29 is 0 Å². The molecule has 0 saturated carbocycles. The molecule has 72 valence electrons. The second-order valence-electron chi connectivity index (χ2n) is 3.08. The Hall–Kier alpha value is -0.670. The summed E-state index contributed by atoms with van der Waals surface area (Å²) in [5.74, 6) is 0. The highest BCUT2D eigenvalue weighted by Crippen LogP contribution is 2.26. The maximum absolute atomic E-state index is 4.27. The predicted octanol–water partition coefficient (Wildman–Crippen LogP) is 4.27. The number of hydrogen-bond acceptors (Lipinski definition) is 2. The number of benzene rings is 1. The Kier molecular flexibility index (Phi) is 2.99. The van der Waals surface area contributed by atoms with E-state index in [-0.39, 0.29) is 0 Å². The monoisotopic (exact) mass is 267 g/mol. The molecule has 0 saturated heterocycles. The molecule has 14 heavy (non-hydrogen) atoms. The predicted molar refractivity (Wildman–Crippen MR) is 64.9 cm³/mol. The average Bonchev–Trinajstić information content (AvgIpc) is 2.71. The van der Waals surface area contributed by atoms with Crippen molar-refractivity contribution in [2.24, 2.45) is 0 Å². The summed E-state index contributed by atoms with van der Waals surface area (Å²) < 4.78 is 0. The molecule has 1 nitrogen and oxygen atoms in total. The van der Waals surface area contributed by atoms with Crippen LogP contribution < -0.4 is 0 Å². The molecule has 1 heterocycles. The Bertz CT molecular complexity index is 392. The first-order valence-corrected chi connectivity index (χ1v) is 6.21. The largest absolute Gasteiger partial charge is 0.245 e. The third-order valence-electron chi connectivity index (χ3n) is 2.05. The number of halogens is 1. The van der Waals surface area contributed by atoms with Crippen LogP contribution in [0.3, 0.4) is 0 Å². The van der Waals surface area contributed by atoms with Crippen LogP contribution in [-0.4, -0.2) is 4.98 Å². The fourth-order valence-electron chi connectivity index (χ4n) is 1.26. The molecule has 0 amide bonds. The number of alkyl halides is 1. The first kappa shape index (κ1) is 9.87. The van der Waals surface area contributed by atoms with Gasteiger partial charge in [-0.05, 0) is 12.5 Å². The van der Waals surface area contributed by atoms with Gasteiger partial charge < -0.3 is 0 Å². The Balaban J connectivity index is 2.31. The molecule has 2 aromatic rings. The minimum absolute atomic E-state index is 0.410. The minimum atomic E-state index is 0.410. The molecule has 0 fully saturated rings. The summed E-state index contributed by atoms with van der Waals surface area (Å²) in [4.78, 5) is 4.68. The molecular weight excluding hydrogens is 258 g/mol. The zero-order valence-corrected chi connectivity index (χ0v) is 10.2. The quantitative estimate of drug-likeness (QED) is 0.741. The summed E-state index contributed by atoms with van der Waals surface area (Å²) in [6.07, 6.45) is 1.83. The van der Waals surface area contributed by atoms with E-state index in [2.05, 4.69) is 52.1 Å². The van der Waals surface area contributed by atoms with Gasteiger partial charge in [-0.3, -0.25) is 0 Å². The lowest BCUT2D eigenvalue weighted by Gasteiger charge is -2.03. The molecular formula is C11H10BrNS. The van der Waals surface area contributed by atoms with Gasteiger partial charge in [-0.1, -0.05) is 40.2 Å². The van der Waals surface area contributed by atoms with Gasteiger partial charge in [0.15, 0.2) is 0 Å². The van der Waals surface area contributed by atoms with Gasteiger partial charge in [-0.15, -0.1) is 11.3 Å². The topological polar surface area (TPSA) is 12.9 Å². The van der Waals surface area contributed by atoms with Gasteiger partial charge in [0, 0.05) is 22.0 Å². The maximum Gasteiger partial charge on any atom is 0.123 e. The molecule has 1 aromatic carbocycles. The van der Waals surface area contributed by atoms with Crippen LogP contribution in [0.25, 0.3) is 10.6 Å². The van der Waals surface area contributed by atoms with Crippen LogP contribution in [0.2, 0.25) is 0 Å². The molecule has 2 rings (SSSR count). The smallest absolute Gasteiger partial charge is 0.123 e. The van der Waals surface area contributed by atoms with Crippen molar-refractivity contribution in [2.45, 2.75) is 11.8 Å². The standard InChI is InChI=1S/C11H10BrNS/c1-8(12)9-2-4-10(5-3-9)11-13-6-7-14-11/h2-8H,1H3. The van der Waals surface area contributed by atoms with E-state index in [9.17, 15) is 0 Å². The average molecular weight is 268 g/mol. The van der Waals surface area contributed by atoms with E-state index in [0.29, 0.717) is 4.83 Å². The van der Waals surface area contributed by atoms with Crippen molar-refractivity contribution in [1.82, 2.24) is 4.98 Å². The summed E-state index contributed by atoms with van der Waals surface area (Å²) in [6, 6.07) is 8.50. The van der Waals surface area contributed by atoms with Gasteiger partial charge in [0.25, 0.3) is 0 Å². The van der Waals surface area contributed by atoms with E-state index in [0.717, 1.165) is 5.01 Å². The Morgan fingerprint density at radius 2 is 2.00 bits per heavy atom. The third kappa shape index (κ3) is 2.04. The maximum atomic E-state index is 4.27. The highest BCUT2D eigenvalue weighted by atomic mass is 79.9. The van der Waals surface area contributed by atoms with Crippen LogP contribution in [0, 0.1) is 0 Å². The van der Waals surface area contributed by atoms with Crippen molar-refractivity contribution in [3.05, 3.63) is 41.4 Å². The molecule has 3 heteroatoms. The minimum Gasteiger partial charge on any atom is -0.245 e. The van der Waals surface area contributed by atoms with Crippen LogP contribution in [0.4, 0.5) is 0 Å². The SMILES string of the molecule is CC(Br)c1ccc(-c2nccs2)cc1. The van der Waals surface area contributed by atoms with E-state index in [1.54, 1.807) is 11.3 Å². The van der Waals surface area contributed by atoms with Crippen molar-refractivity contribution in [3.63, 3.8) is 0 Å². The lowest BCUT2D eigenvalue weighted by atomic mass is 10.1. The fraction of sp³-hybridized carbons (Fsp3) is 0.182. The van der Waals surface area contributed by atoms with Gasteiger partial charge in [0.1, 0.15) is 5.01 Å². The second kappa shape index (κ2) is 4.24. The molecule has 0 aliphatic heterocycles. The number of thiazole rings is 1. The molecule has 1 aromatic heterocycles. The van der Waals surface area contributed by atoms with Crippen LogP contribution in [0.15, 0.2) is 35.8 Å². The molecule has 1 atom stereocenters. The zero-order chi connectivity index (χ0) is 9.97. The highest BCUT2D eigenvalue weighted by molar-refractivity contribution is 9.09. The highest BCUT2D eigenvalue weighted by Gasteiger charge is 2.02. The van der Waals surface area contributed by atoms with Crippen LogP contribution in [-0.2, 0) is 0 Å². The van der Waals surface area contributed by atoms with Crippen molar-refractivity contribution in [1.29, 1.82) is 0 Å². The van der Waals surface area contributed by atoms with Crippen molar-refractivity contribution >= 4 is 27.3 Å². The first-order chi connectivity index (χ1) is 6.77. The van der Waals surface area contributed by atoms with E-state index < -0.39 is 0 Å². The summed E-state index contributed by atoms with van der Waals surface area (Å²) >= 11 is 5.21. The van der Waals surface area contributed by atoms with E-state index in [4.69, 9.17) is 0 Å². The van der Waals surface area contributed by atoms with Gasteiger partial charge in [0.05, 0.1) is 0 Å². The Labute approximate surface area is 95.9 Å². The zero-order valence-electron chi connectivity index (χ0n) is 7.77. The Morgan fingerprint density at radius 1 is 1.29 bits per heavy atom. The molecule has 0 radical (unpaired) electrons. The van der Waals surface area contributed by atoms with Crippen molar-refractivity contribution in [3.8, 4) is 10.6 Å². The number of rotatable bonds is 2. The molecule has 1 unspecified atom stereocenters. The normalized spacial score (nSPS) is 12.7. The number of aromatic nitrogens is 1. The van der Waals surface area contributed by atoms with E-state index in [1.165, 1.54) is 11.1 Å². The lowest BCUT2D eigenvalue weighted by Crippen LogP contribution is -1.83. The second-order valence-corrected chi connectivity index (χ2v) is 5.34. The molecule has 0 bridgehead atoms.